The van der Waals surface area contributed by atoms with Crippen LogP contribution in [0.3, 0.4) is 0 Å². The quantitative estimate of drug-likeness (QED) is 0.837. The number of hydrogen-bond donors (Lipinski definition) is 0. The molecule has 96 valence electrons. The molecule has 2 aromatic heterocycles. The molecule has 2 aromatic rings. The Labute approximate surface area is 107 Å². The number of nitrogens with zero attached hydrogens (tertiary/aromatic N) is 3. The van der Waals surface area contributed by atoms with Gasteiger partial charge in [0.1, 0.15) is 11.8 Å². The molecule has 0 saturated heterocycles. The van der Waals surface area contributed by atoms with Crippen molar-refractivity contribution >= 4 is 0 Å². The van der Waals surface area contributed by atoms with Crippen molar-refractivity contribution in [3.8, 4) is 6.07 Å². The minimum Gasteiger partial charge on any atom is -0.260 e. The second-order valence-electron chi connectivity index (χ2n) is 3.88. The van der Waals surface area contributed by atoms with Crippen molar-refractivity contribution in [2.24, 2.45) is 0 Å². The molecule has 0 atom stereocenters. The van der Waals surface area contributed by atoms with Gasteiger partial charge in [-0.1, -0.05) is 6.07 Å². The van der Waals surface area contributed by atoms with Crippen molar-refractivity contribution in [2.75, 3.05) is 0 Å². The van der Waals surface area contributed by atoms with Crippen LogP contribution in [-0.4, -0.2) is 9.97 Å². The molecule has 0 aliphatic heterocycles. The highest BCUT2D eigenvalue weighted by Gasteiger charge is 2.31. The van der Waals surface area contributed by atoms with Gasteiger partial charge in [0.2, 0.25) is 0 Å². The summed E-state index contributed by atoms with van der Waals surface area (Å²) in [7, 11) is 0. The van der Waals surface area contributed by atoms with E-state index < -0.39 is 11.9 Å². The monoisotopic (exact) mass is 263 g/mol. The van der Waals surface area contributed by atoms with E-state index in [2.05, 4.69) is 9.97 Å². The van der Waals surface area contributed by atoms with Gasteiger partial charge in [-0.25, -0.2) is 0 Å². The fourth-order valence-corrected chi connectivity index (χ4v) is 1.50. The zero-order chi connectivity index (χ0) is 13.9. The van der Waals surface area contributed by atoms with Crippen LogP contribution in [0, 0.1) is 11.3 Å². The van der Waals surface area contributed by atoms with Crippen molar-refractivity contribution in [1.29, 1.82) is 5.26 Å². The Morgan fingerprint density at radius 2 is 1.84 bits per heavy atom. The van der Waals surface area contributed by atoms with Crippen LogP contribution in [0.5, 0.6) is 0 Å². The number of nitriles is 1. The Bertz CT molecular complexity index is 595. The van der Waals surface area contributed by atoms with E-state index in [-0.39, 0.29) is 0 Å². The smallest absolute Gasteiger partial charge is 0.260 e. The normalized spacial score (nSPS) is 11.1. The summed E-state index contributed by atoms with van der Waals surface area (Å²) in [6.45, 7) is 0. The summed E-state index contributed by atoms with van der Waals surface area (Å²) in [5, 5.41) is 8.62. The average Bonchev–Trinajstić information content (AvgIpc) is 2.39. The lowest BCUT2D eigenvalue weighted by Gasteiger charge is -2.06. The van der Waals surface area contributed by atoms with Crippen molar-refractivity contribution in [1.82, 2.24) is 9.97 Å². The Morgan fingerprint density at radius 1 is 1.05 bits per heavy atom. The van der Waals surface area contributed by atoms with Crippen LogP contribution in [0.2, 0.25) is 0 Å². The fourth-order valence-electron chi connectivity index (χ4n) is 1.50. The van der Waals surface area contributed by atoms with Gasteiger partial charge in [0, 0.05) is 24.5 Å². The van der Waals surface area contributed by atoms with Gasteiger partial charge in [-0.2, -0.15) is 18.4 Å². The van der Waals surface area contributed by atoms with Crippen LogP contribution >= 0.6 is 0 Å². The van der Waals surface area contributed by atoms with E-state index in [0.29, 0.717) is 23.2 Å². The third-order valence-corrected chi connectivity index (χ3v) is 2.45. The first-order valence-corrected chi connectivity index (χ1v) is 5.36. The van der Waals surface area contributed by atoms with E-state index in [0.717, 1.165) is 6.07 Å². The number of rotatable bonds is 2. The zero-order valence-electron chi connectivity index (χ0n) is 9.65. The van der Waals surface area contributed by atoms with E-state index in [4.69, 9.17) is 5.26 Å². The molecule has 0 spiro atoms. The topological polar surface area (TPSA) is 49.6 Å². The van der Waals surface area contributed by atoms with Gasteiger partial charge in [-0.3, -0.25) is 9.97 Å². The summed E-state index contributed by atoms with van der Waals surface area (Å²) >= 11 is 0. The van der Waals surface area contributed by atoms with Gasteiger partial charge in [-0.15, -0.1) is 0 Å². The molecule has 0 N–H and O–H groups in total. The summed E-state index contributed by atoms with van der Waals surface area (Å²) in [5.74, 6) is 0. The molecule has 2 heterocycles. The highest BCUT2D eigenvalue weighted by atomic mass is 19.4. The maximum absolute atomic E-state index is 12.3. The summed E-state index contributed by atoms with van der Waals surface area (Å²) in [4.78, 5) is 7.42. The Hall–Kier alpha value is -2.42. The predicted octanol–water partition coefficient (Wildman–Crippen LogP) is 2.96. The summed E-state index contributed by atoms with van der Waals surface area (Å²) < 4.78 is 37.0. The molecule has 0 saturated carbocycles. The second kappa shape index (κ2) is 5.06. The maximum atomic E-state index is 12.3. The molecule has 6 heteroatoms. The molecule has 2 rings (SSSR count). The average molecular weight is 263 g/mol. The maximum Gasteiger partial charge on any atom is 0.433 e. The van der Waals surface area contributed by atoms with Gasteiger partial charge < -0.3 is 0 Å². The van der Waals surface area contributed by atoms with Crippen LogP contribution in [0.25, 0.3) is 0 Å². The van der Waals surface area contributed by atoms with Crippen molar-refractivity contribution in [2.45, 2.75) is 12.6 Å². The first-order valence-electron chi connectivity index (χ1n) is 5.36. The zero-order valence-corrected chi connectivity index (χ0v) is 9.65. The van der Waals surface area contributed by atoms with Gasteiger partial charge in [0.25, 0.3) is 0 Å². The molecule has 0 aromatic carbocycles. The number of aromatic nitrogens is 2. The van der Waals surface area contributed by atoms with Gasteiger partial charge in [0.15, 0.2) is 0 Å². The first-order chi connectivity index (χ1) is 8.99. The minimum atomic E-state index is -4.43. The highest BCUT2D eigenvalue weighted by molar-refractivity contribution is 5.28. The lowest BCUT2D eigenvalue weighted by molar-refractivity contribution is -0.141. The molecule has 0 bridgehead atoms. The lowest BCUT2D eigenvalue weighted by atomic mass is 10.1. The lowest BCUT2D eigenvalue weighted by Crippen LogP contribution is -2.07. The molecule has 0 unspecified atom stereocenters. The van der Waals surface area contributed by atoms with E-state index in [1.54, 1.807) is 12.1 Å². The number of pyridine rings is 2. The van der Waals surface area contributed by atoms with E-state index in [1.807, 2.05) is 6.07 Å². The molecular formula is C13H8F3N3. The van der Waals surface area contributed by atoms with E-state index >= 15 is 0 Å². The van der Waals surface area contributed by atoms with Gasteiger partial charge in [-0.05, 0) is 23.8 Å². The van der Waals surface area contributed by atoms with Gasteiger partial charge in [0.05, 0.1) is 5.56 Å². The van der Waals surface area contributed by atoms with Crippen molar-refractivity contribution in [3.05, 3.63) is 59.2 Å². The summed E-state index contributed by atoms with van der Waals surface area (Å²) in [6, 6.07) is 7.53. The third kappa shape index (κ3) is 3.28. The van der Waals surface area contributed by atoms with Gasteiger partial charge >= 0.3 is 6.18 Å². The minimum absolute atomic E-state index is 0.372. The number of alkyl halides is 3. The third-order valence-electron chi connectivity index (χ3n) is 2.45. The van der Waals surface area contributed by atoms with E-state index in [1.165, 1.54) is 18.5 Å². The molecule has 0 radical (unpaired) electrons. The molecular weight excluding hydrogens is 255 g/mol. The van der Waals surface area contributed by atoms with Crippen molar-refractivity contribution < 1.29 is 13.2 Å². The standard InChI is InChI=1S/C13H8F3N3/c14-13(15,16)12-4-2-9(7-19-12)5-11-3-1-10(6-17)8-18-11/h1-4,7-8H,5H2. The molecule has 0 amide bonds. The van der Waals surface area contributed by atoms with Crippen LogP contribution in [0.4, 0.5) is 13.2 Å². The van der Waals surface area contributed by atoms with E-state index in [9.17, 15) is 13.2 Å². The summed E-state index contributed by atoms with van der Waals surface area (Å²) in [6.07, 6.45) is -1.45. The predicted molar refractivity (Wildman–Crippen MR) is 61.0 cm³/mol. The highest BCUT2D eigenvalue weighted by Crippen LogP contribution is 2.27. The second-order valence-corrected chi connectivity index (χ2v) is 3.88. The number of hydrogen-bond acceptors (Lipinski definition) is 3. The van der Waals surface area contributed by atoms with Crippen LogP contribution < -0.4 is 0 Å². The van der Waals surface area contributed by atoms with Crippen LogP contribution in [0.15, 0.2) is 36.7 Å². The Balaban J connectivity index is 2.13. The number of halogens is 3. The first kappa shape index (κ1) is 13.0. The molecule has 3 nitrogen and oxygen atoms in total. The fraction of sp³-hybridized carbons (Fsp3) is 0.154. The SMILES string of the molecule is N#Cc1ccc(Cc2ccc(C(F)(F)F)nc2)nc1. The Morgan fingerprint density at radius 3 is 2.32 bits per heavy atom. The largest absolute Gasteiger partial charge is 0.433 e. The molecule has 0 aliphatic rings. The van der Waals surface area contributed by atoms with Crippen LogP contribution in [-0.2, 0) is 12.6 Å². The van der Waals surface area contributed by atoms with Crippen LogP contribution in [0.1, 0.15) is 22.5 Å². The molecule has 0 aliphatic carbocycles. The van der Waals surface area contributed by atoms with Crippen molar-refractivity contribution in [3.63, 3.8) is 0 Å². The molecule has 0 fully saturated rings. The molecule has 19 heavy (non-hydrogen) atoms. The Kier molecular flexibility index (Phi) is 3.47. The summed E-state index contributed by atoms with van der Waals surface area (Å²) in [5.41, 5.74) is 0.823.